The number of H-pyrrole nitrogens is 1. The number of hydrogen-bond donors (Lipinski definition) is 1. The smallest absolute Gasteiger partial charge is 0.305 e. The monoisotopic (exact) mass is 206 g/mol. The van der Waals surface area contributed by atoms with Gasteiger partial charge in [0, 0.05) is 7.05 Å². The fourth-order valence-corrected chi connectivity index (χ4v) is 1.76. The van der Waals surface area contributed by atoms with E-state index in [0.29, 0.717) is 5.92 Å². The van der Waals surface area contributed by atoms with Gasteiger partial charge in [0.05, 0.1) is 11.4 Å². The second kappa shape index (κ2) is 4.34. The van der Waals surface area contributed by atoms with Gasteiger partial charge in [-0.05, 0) is 24.5 Å². The summed E-state index contributed by atoms with van der Waals surface area (Å²) in [5.41, 5.74) is 2.78. The molecule has 0 amide bonds. The van der Waals surface area contributed by atoms with Crippen molar-refractivity contribution in [2.24, 2.45) is 13.0 Å². The number of aromatic amines is 1. The summed E-state index contributed by atoms with van der Waals surface area (Å²) in [5.74, 6) is 0.381. The summed E-state index contributed by atoms with van der Waals surface area (Å²) in [5, 5.41) is 0. The van der Waals surface area contributed by atoms with Crippen LogP contribution in [0.3, 0.4) is 0 Å². The Hall–Kier alpha value is -1.51. The van der Waals surface area contributed by atoms with Gasteiger partial charge in [-0.1, -0.05) is 26.5 Å². The largest absolute Gasteiger partial charge is 0.326 e. The molecular formula is C12H18N2O. The van der Waals surface area contributed by atoms with Crippen molar-refractivity contribution in [1.29, 1.82) is 0 Å². The molecule has 0 aliphatic rings. The molecule has 1 aromatic rings. The number of rotatable bonds is 3. The lowest BCUT2D eigenvalue weighted by molar-refractivity contribution is 0.846. The van der Waals surface area contributed by atoms with E-state index in [4.69, 9.17) is 0 Å². The van der Waals surface area contributed by atoms with Crippen LogP contribution in [0.25, 0.3) is 11.6 Å². The van der Waals surface area contributed by atoms with Crippen molar-refractivity contribution >= 4 is 11.6 Å². The Morgan fingerprint density at radius 3 is 2.53 bits per heavy atom. The van der Waals surface area contributed by atoms with Gasteiger partial charge >= 0.3 is 5.69 Å². The molecule has 82 valence electrons. The van der Waals surface area contributed by atoms with E-state index < -0.39 is 0 Å². The first-order valence-electron chi connectivity index (χ1n) is 5.10. The average Bonchev–Trinajstić information content (AvgIpc) is 2.44. The lowest BCUT2D eigenvalue weighted by Crippen LogP contribution is -2.13. The Morgan fingerprint density at radius 2 is 2.13 bits per heavy atom. The predicted octanol–water partition coefficient (Wildman–Crippen LogP) is 2.42. The van der Waals surface area contributed by atoms with Gasteiger partial charge in [-0.25, -0.2) is 4.79 Å². The molecule has 0 spiro atoms. The quantitative estimate of drug-likeness (QED) is 0.810. The van der Waals surface area contributed by atoms with Crippen LogP contribution in [0.15, 0.2) is 17.4 Å². The second-order valence-corrected chi connectivity index (χ2v) is 3.85. The summed E-state index contributed by atoms with van der Waals surface area (Å²) >= 11 is 0. The molecule has 0 aliphatic carbocycles. The lowest BCUT2D eigenvalue weighted by atomic mass is 9.98. The molecule has 15 heavy (non-hydrogen) atoms. The maximum absolute atomic E-state index is 11.5. The summed E-state index contributed by atoms with van der Waals surface area (Å²) < 4.78 is 1.58. The van der Waals surface area contributed by atoms with Gasteiger partial charge in [0.15, 0.2) is 0 Å². The third kappa shape index (κ3) is 1.96. The molecule has 0 saturated heterocycles. The van der Waals surface area contributed by atoms with Gasteiger partial charge in [-0.15, -0.1) is 0 Å². The van der Waals surface area contributed by atoms with E-state index in [1.54, 1.807) is 17.7 Å². The molecule has 0 atom stereocenters. The van der Waals surface area contributed by atoms with Crippen LogP contribution in [0, 0.1) is 5.92 Å². The standard InChI is InChI=1S/C12H18N2O/c1-6-9(8(3)4)11-10(7-2)14(5)12(15)13-11/h6-8H,2H2,1,3-5H3,(H,13,15)/b9-6-. The minimum absolute atomic E-state index is 0.0973. The summed E-state index contributed by atoms with van der Waals surface area (Å²) in [7, 11) is 1.74. The minimum atomic E-state index is -0.0973. The van der Waals surface area contributed by atoms with E-state index in [0.717, 1.165) is 17.0 Å². The molecule has 3 heteroatoms. The first-order chi connectivity index (χ1) is 7.02. The molecule has 0 bridgehead atoms. The molecule has 0 fully saturated rings. The zero-order chi connectivity index (χ0) is 11.6. The Bertz CT molecular complexity index is 447. The fourth-order valence-electron chi connectivity index (χ4n) is 1.76. The summed E-state index contributed by atoms with van der Waals surface area (Å²) in [6, 6.07) is 0. The molecule has 3 nitrogen and oxygen atoms in total. The average molecular weight is 206 g/mol. The van der Waals surface area contributed by atoms with E-state index >= 15 is 0 Å². The third-order valence-electron chi connectivity index (χ3n) is 2.57. The molecule has 0 saturated carbocycles. The maximum Gasteiger partial charge on any atom is 0.326 e. The molecule has 0 aromatic carbocycles. The zero-order valence-corrected chi connectivity index (χ0v) is 9.79. The fraction of sp³-hybridized carbons (Fsp3) is 0.417. The van der Waals surface area contributed by atoms with Gasteiger partial charge in [-0.3, -0.25) is 4.57 Å². The molecule has 1 N–H and O–H groups in total. The Balaban J connectivity index is 3.43. The molecule has 1 heterocycles. The van der Waals surface area contributed by atoms with Crippen molar-refractivity contribution in [2.45, 2.75) is 20.8 Å². The SMILES string of the molecule is C=Cc1c(/C(=C\C)C(C)C)[nH]c(=O)n1C. The number of aromatic nitrogens is 2. The summed E-state index contributed by atoms with van der Waals surface area (Å²) in [4.78, 5) is 14.4. The summed E-state index contributed by atoms with van der Waals surface area (Å²) in [6.07, 6.45) is 3.74. The zero-order valence-electron chi connectivity index (χ0n) is 9.79. The van der Waals surface area contributed by atoms with Crippen LogP contribution in [-0.4, -0.2) is 9.55 Å². The van der Waals surface area contributed by atoms with Crippen LogP contribution in [0.5, 0.6) is 0 Å². The van der Waals surface area contributed by atoms with Crippen LogP contribution >= 0.6 is 0 Å². The van der Waals surface area contributed by atoms with Gasteiger partial charge in [0.25, 0.3) is 0 Å². The van der Waals surface area contributed by atoms with Gasteiger partial charge in [-0.2, -0.15) is 0 Å². The highest BCUT2D eigenvalue weighted by Crippen LogP contribution is 2.23. The van der Waals surface area contributed by atoms with Crippen molar-refractivity contribution in [3.05, 3.63) is 34.5 Å². The van der Waals surface area contributed by atoms with E-state index in [1.807, 2.05) is 13.0 Å². The van der Waals surface area contributed by atoms with Crippen LogP contribution in [0.4, 0.5) is 0 Å². The Kier molecular flexibility index (Phi) is 3.35. The van der Waals surface area contributed by atoms with Crippen molar-refractivity contribution < 1.29 is 0 Å². The van der Waals surface area contributed by atoms with Crippen LogP contribution in [0.2, 0.25) is 0 Å². The first-order valence-corrected chi connectivity index (χ1v) is 5.10. The van der Waals surface area contributed by atoms with E-state index in [1.165, 1.54) is 0 Å². The van der Waals surface area contributed by atoms with E-state index in [2.05, 4.69) is 25.4 Å². The van der Waals surface area contributed by atoms with E-state index in [-0.39, 0.29) is 5.69 Å². The number of allylic oxidation sites excluding steroid dienone is 2. The third-order valence-corrected chi connectivity index (χ3v) is 2.57. The highest BCUT2D eigenvalue weighted by atomic mass is 16.1. The van der Waals surface area contributed by atoms with Crippen molar-refractivity contribution in [3.63, 3.8) is 0 Å². The Labute approximate surface area is 90.1 Å². The Morgan fingerprint density at radius 1 is 1.53 bits per heavy atom. The first kappa shape index (κ1) is 11.6. The normalized spacial score (nSPS) is 12.2. The highest BCUT2D eigenvalue weighted by molar-refractivity contribution is 5.70. The van der Waals surface area contributed by atoms with Crippen molar-refractivity contribution in [2.75, 3.05) is 0 Å². The topological polar surface area (TPSA) is 37.8 Å². The number of hydrogen-bond acceptors (Lipinski definition) is 1. The molecule has 0 aliphatic heterocycles. The van der Waals surface area contributed by atoms with Gasteiger partial charge < -0.3 is 4.98 Å². The molecular weight excluding hydrogens is 188 g/mol. The van der Waals surface area contributed by atoms with Crippen LogP contribution in [-0.2, 0) is 7.05 Å². The maximum atomic E-state index is 11.5. The number of imidazole rings is 1. The number of nitrogens with one attached hydrogen (secondary N) is 1. The molecule has 0 radical (unpaired) electrons. The van der Waals surface area contributed by atoms with Gasteiger partial charge in [0.1, 0.15) is 0 Å². The summed E-state index contributed by atoms with van der Waals surface area (Å²) in [6.45, 7) is 9.92. The van der Waals surface area contributed by atoms with Gasteiger partial charge in [0.2, 0.25) is 0 Å². The molecule has 1 aromatic heterocycles. The van der Waals surface area contributed by atoms with E-state index in [9.17, 15) is 4.79 Å². The predicted molar refractivity (Wildman–Crippen MR) is 64.6 cm³/mol. The number of nitrogens with zero attached hydrogens (tertiary/aromatic N) is 1. The van der Waals surface area contributed by atoms with Crippen molar-refractivity contribution in [1.82, 2.24) is 9.55 Å². The van der Waals surface area contributed by atoms with Crippen LogP contribution in [0.1, 0.15) is 32.2 Å². The van der Waals surface area contributed by atoms with Crippen molar-refractivity contribution in [3.8, 4) is 0 Å². The van der Waals surface area contributed by atoms with Crippen LogP contribution < -0.4 is 5.69 Å². The highest BCUT2D eigenvalue weighted by Gasteiger charge is 2.14. The lowest BCUT2D eigenvalue weighted by Gasteiger charge is -2.10. The molecule has 0 unspecified atom stereocenters. The second-order valence-electron chi connectivity index (χ2n) is 3.85. The molecule has 1 rings (SSSR count). The minimum Gasteiger partial charge on any atom is -0.305 e.